The van der Waals surface area contributed by atoms with Gasteiger partial charge in [-0.2, -0.15) is 5.26 Å². The lowest BCUT2D eigenvalue weighted by atomic mass is 9.88. The zero-order valence-corrected chi connectivity index (χ0v) is 8.69. The Bertz CT molecular complexity index is 387. The third-order valence-corrected chi connectivity index (χ3v) is 2.76. The van der Waals surface area contributed by atoms with E-state index in [1.807, 2.05) is 30.3 Å². The number of aliphatic imine (C=N–C) groups is 1. The van der Waals surface area contributed by atoms with Crippen molar-refractivity contribution in [1.29, 1.82) is 5.26 Å². The number of hydrogen-bond donors (Lipinski definition) is 0. The summed E-state index contributed by atoms with van der Waals surface area (Å²) in [5.41, 5.74) is 2.03. The molecule has 0 aliphatic heterocycles. The minimum absolute atomic E-state index is 0.0407. The van der Waals surface area contributed by atoms with Crippen molar-refractivity contribution in [3.8, 4) is 6.07 Å². The summed E-state index contributed by atoms with van der Waals surface area (Å²) in [6.45, 7) is 0. The quantitative estimate of drug-likeness (QED) is 0.680. The molecule has 1 fully saturated rings. The van der Waals surface area contributed by atoms with Gasteiger partial charge in [-0.1, -0.05) is 24.6 Å². The number of benzene rings is 1. The van der Waals surface area contributed by atoms with Crippen molar-refractivity contribution >= 4 is 11.4 Å². The summed E-state index contributed by atoms with van der Waals surface area (Å²) in [5.74, 6) is 0.0407. The second-order valence-electron chi connectivity index (χ2n) is 3.87. The Labute approximate surface area is 90.3 Å². The molecule has 0 spiro atoms. The summed E-state index contributed by atoms with van der Waals surface area (Å²) in [4.78, 5) is 4.56. The van der Waals surface area contributed by atoms with Crippen LogP contribution in [0.2, 0.25) is 0 Å². The molecule has 0 saturated heterocycles. The standard InChI is InChI=1S/C13H14N2/c14-10-11-6-4-5-9-13(11)15-12-7-2-1-3-8-12/h1-3,7-8,11H,4-6,9H2/b15-13+. The average Bonchev–Trinajstić information content (AvgIpc) is 2.31. The minimum atomic E-state index is 0.0407. The van der Waals surface area contributed by atoms with E-state index in [1.54, 1.807) is 0 Å². The van der Waals surface area contributed by atoms with Gasteiger partial charge in [0.05, 0.1) is 17.7 Å². The lowest BCUT2D eigenvalue weighted by molar-refractivity contribution is 0.601. The third kappa shape index (κ3) is 2.44. The predicted octanol–water partition coefficient (Wildman–Crippen LogP) is 3.47. The minimum Gasteiger partial charge on any atom is -0.256 e. The van der Waals surface area contributed by atoms with E-state index < -0.39 is 0 Å². The summed E-state index contributed by atoms with van der Waals surface area (Å²) < 4.78 is 0. The molecule has 1 unspecified atom stereocenters. The first-order valence-electron chi connectivity index (χ1n) is 5.42. The maximum atomic E-state index is 9.01. The topological polar surface area (TPSA) is 36.1 Å². The number of nitriles is 1. The molecule has 0 amide bonds. The van der Waals surface area contributed by atoms with Gasteiger partial charge >= 0.3 is 0 Å². The van der Waals surface area contributed by atoms with E-state index >= 15 is 0 Å². The van der Waals surface area contributed by atoms with Crippen LogP contribution < -0.4 is 0 Å². The van der Waals surface area contributed by atoms with Crippen LogP contribution in [-0.4, -0.2) is 5.71 Å². The largest absolute Gasteiger partial charge is 0.256 e. The van der Waals surface area contributed by atoms with Crippen LogP contribution in [0, 0.1) is 17.2 Å². The fourth-order valence-electron chi connectivity index (χ4n) is 1.94. The van der Waals surface area contributed by atoms with Crippen molar-refractivity contribution in [3.63, 3.8) is 0 Å². The lowest BCUT2D eigenvalue weighted by Crippen LogP contribution is -2.17. The molecule has 15 heavy (non-hydrogen) atoms. The molecule has 1 aliphatic rings. The Morgan fingerprint density at radius 2 is 2.00 bits per heavy atom. The molecule has 0 heterocycles. The molecular weight excluding hydrogens is 184 g/mol. The van der Waals surface area contributed by atoms with Gasteiger partial charge in [-0.3, -0.25) is 4.99 Å². The summed E-state index contributed by atoms with van der Waals surface area (Å²) in [7, 11) is 0. The maximum absolute atomic E-state index is 9.01. The fraction of sp³-hybridized carbons (Fsp3) is 0.385. The molecule has 76 valence electrons. The molecule has 1 aromatic rings. The fourth-order valence-corrected chi connectivity index (χ4v) is 1.94. The van der Waals surface area contributed by atoms with Gasteiger partial charge in [0, 0.05) is 5.71 Å². The molecule has 0 N–H and O–H groups in total. The van der Waals surface area contributed by atoms with Crippen LogP contribution in [0.4, 0.5) is 5.69 Å². The van der Waals surface area contributed by atoms with E-state index in [9.17, 15) is 0 Å². The van der Waals surface area contributed by atoms with Crippen molar-refractivity contribution in [3.05, 3.63) is 30.3 Å². The zero-order chi connectivity index (χ0) is 10.5. The molecule has 0 radical (unpaired) electrons. The molecule has 1 aromatic carbocycles. The van der Waals surface area contributed by atoms with E-state index in [-0.39, 0.29) is 5.92 Å². The lowest BCUT2D eigenvalue weighted by Gasteiger charge is -2.17. The Hall–Kier alpha value is -1.62. The summed E-state index contributed by atoms with van der Waals surface area (Å²) >= 11 is 0. The number of nitrogens with zero attached hydrogens (tertiary/aromatic N) is 2. The molecule has 1 saturated carbocycles. The number of hydrogen-bond acceptors (Lipinski definition) is 2. The van der Waals surface area contributed by atoms with Gasteiger partial charge in [0.1, 0.15) is 0 Å². The first kappa shape index (κ1) is 9.92. The highest BCUT2D eigenvalue weighted by Gasteiger charge is 2.19. The Morgan fingerprint density at radius 1 is 1.20 bits per heavy atom. The van der Waals surface area contributed by atoms with Crippen molar-refractivity contribution in [1.82, 2.24) is 0 Å². The Balaban J connectivity index is 2.22. The normalized spacial score (nSPS) is 23.7. The van der Waals surface area contributed by atoms with E-state index in [0.29, 0.717) is 0 Å². The van der Waals surface area contributed by atoms with E-state index in [4.69, 9.17) is 5.26 Å². The maximum Gasteiger partial charge on any atom is 0.0845 e. The van der Waals surface area contributed by atoms with Gasteiger partial charge in [0.2, 0.25) is 0 Å². The van der Waals surface area contributed by atoms with Crippen LogP contribution in [0.25, 0.3) is 0 Å². The number of rotatable bonds is 1. The van der Waals surface area contributed by atoms with Gasteiger partial charge in [0.25, 0.3) is 0 Å². The highest BCUT2D eigenvalue weighted by atomic mass is 14.8. The molecule has 2 rings (SSSR count). The monoisotopic (exact) mass is 198 g/mol. The smallest absolute Gasteiger partial charge is 0.0845 e. The van der Waals surface area contributed by atoms with Gasteiger partial charge < -0.3 is 0 Å². The molecule has 1 atom stereocenters. The van der Waals surface area contributed by atoms with Gasteiger partial charge in [-0.15, -0.1) is 0 Å². The summed E-state index contributed by atoms with van der Waals surface area (Å²) in [6, 6.07) is 12.2. The Kier molecular flexibility index (Phi) is 3.14. The molecular formula is C13H14N2. The third-order valence-electron chi connectivity index (χ3n) is 2.76. The first-order valence-corrected chi connectivity index (χ1v) is 5.42. The van der Waals surface area contributed by atoms with Crippen LogP contribution in [0.3, 0.4) is 0 Å². The first-order chi connectivity index (χ1) is 7.40. The van der Waals surface area contributed by atoms with Crippen LogP contribution in [0.15, 0.2) is 35.3 Å². The highest BCUT2D eigenvalue weighted by molar-refractivity contribution is 5.91. The van der Waals surface area contributed by atoms with Crippen molar-refractivity contribution in [2.75, 3.05) is 0 Å². The van der Waals surface area contributed by atoms with E-state index in [0.717, 1.165) is 30.7 Å². The van der Waals surface area contributed by atoms with Crippen molar-refractivity contribution in [2.24, 2.45) is 10.9 Å². The molecule has 0 aromatic heterocycles. The van der Waals surface area contributed by atoms with Gasteiger partial charge in [-0.05, 0) is 31.4 Å². The molecule has 0 bridgehead atoms. The van der Waals surface area contributed by atoms with E-state index in [1.165, 1.54) is 6.42 Å². The van der Waals surface area contributed by atoms with Crippen molar-refractivity contribution in [2.45, 2.75) is 25.7 Å². The van der Waals surface area contributed by atoms with Gasteiger partial charge in [0.15, 0.2) is 0 Å². The van der Waals surface area contributed by atoms with Crippen LogP contribution in [0.5, 0.6) is 0 Å². The predicted molar refractivity (Wildman–Crippen MR) is 61.1 cm³/mol. The number of para-hydroxylation sites is 1. The van der Waals surface area contributed by atoms with Crippen LogP contribution in [0.1, 0.15) is 25.7 Å². The molecule has 2 nitrogen and oxygen atoms in total. The van der Waals surface area contributed by atoms with E-state index in [2.05, 4.69) is 11.1 Å². The summed E-state index contributed by atoms with van der Waals surface area (Å²) in [6.07, 6.45) is 4.28. The highest BCUT2D eigenvalue weighted by Crippen LogP contribution is 2.24. The molecule has 2 heteroatoms. The Morgan fingerprint density at radius 3 is 2.73 bits per heavy atom. The van der Waals surface area contributed by atoms with Crippen LogP contribution in [-0.2, 0) is 0 Å². The average molecular weight is 198 g/mol. The second-order valence-corrected chi connectivity index (χ2v) is 3.87. The SMILES string of the molecule is N#CC1CCCC/C1=N\c1ccccc1. The second kappa shape index (κ2) is 4.75. The molecule has 1 aliphatic carbocycles. The zero-order valence-electron chi connectivity index (χ0n) is 8.69. The van der Waals surface area contributed by atoms with Crippen LogP contribution >= 0.6 is 0 Å². The van der Waals surface area contributed by atoms with Gasteiger partial charge in [-0.25, -0.2) is 0 Å². The van der Waals surface area contributed by atoms with Crippen molar-refractivity contribution < 1.29 is 0 Å². The summed E-state index contributed by atoms with van der Waals surface area (Å²) in [5, 5.41) is 9.01.